The molecule has 3 atom stereocenters. The number of hydrogen-bond acceptors (Lipinski definition) is 3. The van der Waals surface area contributed by atoms with Crippen LogP contribution >= 0.6 is 12.4 Å². The molecule has 3 rings (SSSR count). The van der Waals surface area contributed by atoms with Crippen molar-refractivity contribution in [2.24, 2.45) is 5.41 Å². The number of benzene rings is 1. The first-order chi connectivity index (χ1) is 11.2. The van der Waals surface area contributed by atoms with Gasteiger partial charge in [-0.15, -0.1) is 12.4 Å². The van der Waals surface area contributed by atoms with Gasteiger partial charge in [0.2, 0.25) is 0 Å². The summed E-state index contributed by atoms with van der Waals surface area (Å²) in [6, 6.07) is 10.7. The summed E-state index contributed by atoms with van der Waals surface area (Å²) in [4.78, 5) is 2.69. The van der Waals surface area contributed by atoms with Gasteiger partial charge in [-0.05, 0) is 49.8 Å². The maximum Gasteiger partial charge on any atom is 0.0805 e. The van der Waals surface area contributed by atoms with Gasteiger partial charge in [0.1, 0.15) is 0 Å². The van der Waals surface area contributed by atoms with Crippen LogP contribution in [0.1, 0.15) is 57.1 Å². The lowest BCUT2D eigenvalue weighted by Gasteiger charge is -2.37. The Morgan fingerprint density at radius 3 is 2.75 bits per heavy atom. The highest BCUT2D eigenvalue weighted by molar-refractivity contribution is 5.85. The van der Waals surface area contributed by atoms with E-state index in [0.29, 0.717) is 11.5 Å². The van der Waals surface area contributed by atoms with Crippen LogP contribution in [0.3, 0.4) is 0 Å². The number of aliphatic hydroxyl groups excluding tert-OH is 1. The molecule has 1 aromatic carbocycles. The highest BCUT2D eigenvalue weighted by Crippen LogP contribution is 2.31. The topological polar surface area (TPSA) is 35.5 Å². The summed E-state index contributed by atoms with van der Waals surface area (Å²) < 4.78 is 0. The molecule has 0 saturated carbocycles. The highest BCUT2D eigenvalue weighted by Gasteiger charge is 2.34. The number of nitrogens with one attached hydrogen (secondary N) is 1. The molecule has 3 nitrogen and oxygen atoms in total. The van der Waals surface area contributed by atoms with Crippen molar-refractivity contribution in [2.45, 2.75) is 57.6 Å². The van der Waals surface area contributed by atoms with Gasteiger partial charge in [0, 0.05) is 19.1 Å². The zero-order valence-electron chi connectivity index (χ0n) is 14.9. The maximum absolute atomic E-state index is 10.7. The Morgan fingerprint density at radius 1 is 1.25 bits per heavy atom. The van der Waals surface area contributed by atoms with E-state index < -0.39 is 0 Å². The summed E-state index contributed by atoms with van der Waals surface area (Å²) >= 11 is 0. The smallest absolute Gasteiger partial charge is 0.0805 e. The summed E-state index contributed by atoms with van der Waals surface area (Å²) in [5.74, 6) is 0. The second-order valence-electron chi connectivity index (χ2n) is 7.87. The van der Waals surface area contributed by atoms with Crippen molar-refractivity contribution in [3.63, 3.8) is 0 Å². The molecule has 0 radical (unpaired) electrons. The quantitative estimate of drug-likeness (QED) is 0.846. The SMILES string of the molecule is CC1(CN2CCCCCC2CC(O)c2ccccc2)CCNC1.Cl. The largest absolute Gasteiger partial charge is 0.388 e. The Balaban J connectivity index is 0.00000208. The van der Waals surface area contributed by atoms with E-state index in [1.807, 2.05) is 30.3 Å². The van der Waals surface area contributed by atoms with Crippen LogP contribution in [0.25, 0.3) is 0 Å². The molecule has 2 heterocycles. The molecular formula is C20H33ClN2O. The summed E-state index contributed by atoms with van der Waals surface area (Å²) in [5, 5.41) is 14.2. The van der Waals surface area contributed by atoms with Gasteiger partial charge in [-0.2, -0.15) is 0 Å². The third-order valence-electron chi connectivity index (χ3n) is 5.72. The molecule has 2 aliphatic heterocycles. The Labute approximate surface area is 153 Å². The molecule has 0 amide bonds. The van der Waals surface area contributed by atoms with E-state index in [1.165, 1.54) is 45.2 Å². The van der Waals surface area contributed by atoms with Gasteiger partial charge in [0.15, 0.2) is 0 Å². The first kappa shape index (κ1) is 19.7. The summed E-state index contributed by atoms with van der Waals surface area (Å²) in [6.07, 6.45) is 6.98. The van der Waals surface area contributed by atoms with Crippen molar-refractivity contribution in [1.29, 1.82) is 0 Å². The third kappa shape index (κ3) is 5.19. The van der Waals surface area contributed by atoms with Gasteiger partial charge >= 0.3 is 0 Å². The van der Waals surface area contributed by atoms with E-state index in [-0.39, 0.29) is 18.5 Å². The molecule has 2 saturated heterocycles. The Hall–Kier alpha value is -0.610. The molecule has 2 fully saturated rings. The van der Waals surface area contributed by atoms with Crippen molar-refractivity contribution >= 4 is 12.4 Å². The number of likely N-dealkylation sites (tertiary alicyclic amines) is 1. The number of rotatable bonds is 5. The van der Waals surface area contributed by atoms with E-state index >= 15 is 0 Å². The first-order valence-corrected chi connectivity index (χ1v) is 9.34. The van der Waals surface area contributed by atoms with Crippen LogP contribution in [0.4, 0.5) is 0 Å². The van der Waals surface area contributed by atoms with Crippen LogP contribution in [-0.2, 0) is 0 Å². The lowest BCUT2D eigenvalue weighted by Crippen LogP contribution is -2.43. The molecule has 24 heavy (non-hydrogen) atoms. The molecular weight excluding hydrogens is 320 g/mol. The molecule has 2 N–H and O–H groups in total. The van der Waals surface area contributed by atoms with Crippen LogP contribution in [-0.4, -0.2) is 42.2 Å². The van der Waals surface area contributed by atoms with Crippen LogP contribution < -0.4 is 5.32 Å². The molecule has 0 spiro atoms. The Kier molecular flexibility index (Phi) is 7.55. The second kappa shape index (κ2) is 9.19. The van der Waals surface area contributed by atoms with Gasteiger partial charge in [-0.1, -0.05) is 50.1 Å². The molecule has 1 aromatic rings. The fourth-order valence-corrected chi connectivity index (χ4v) is 4.27. The van der Waals surface area contributed by atoms with Crippen molar-refractivity contribution in [3.05, 3.63) is 35.9 Å². The fraction of sp³-hybridized carbons (Fsp3) is 0.700. The van der Waals surface area contributed by atoms with Crippen molar-refractivity contribution < 1.29 is 5.11 Å². The van der Waals surface area contributed by atoms with Gasteiger partial charge in [-0.3, -0.25) is 4.90 Å². The molecule has 2 aliphatic rings. The minimum Gasteiger partial charge on any atom is -0.388 e. The lowest BCUT2D eigenvalue weighted by atomic mass is 9.88. The monoisotopic (exact) mass is 352 g/mol. The lowest BCUT2D eigenvalue weighted by molar-refractivity contribution is 0.0770. The third-order valence-corrected chi connectivity index (χ3v) is 5.72. The van der Waals surface area contributed by atoms with Gasteiger partial charge < -0.3 is 10.4 Å². The predicted octanol–water partition coefficient (Wildman–Crippen LogP) is 3.78. The van der Waals surface area contributed by atoms with E-state index in [4.69, 9.17) is 0 Å². The van der Waals surface area contributed by atoms with E-state index in [2.05, 4.69) is 17.1 Å². The van der Waals surface area contributed by atoms with Crippen molar-refractivity contribution in [3.8, 4) is 0 Å². The average Bonchev–Trinajstić information content (AvgIpc) is 2.88. The van der Waals surface area contributed by atoms with E-state index in [1.54, 1.807) is 0 Å². The number of halogens is 1. The number of hydrogen-bond donors (Lipinski definition) is 2. The Bertz CT molecular complexity index is 476. The average molecular weight is 353 g/mol. The molecule has 3 unspecified atom stereocenters. The van der Waals surface area contributed by atoms with Crippen molar-refractivity contribution in [2.75, 3.05) is 26.2 Å². The predicted molar refractivity (Wildman–Crippen MR) is 103 cm³/mol. The summed E-state index contributed by atoms with van der Waals surface area (Å²) in [6.45, 7) is 7.08. The van der Waals surface area contributed by atoms with Crippen molar-refractivity contribution in [1.82, 2.24) is 10.2 Å². The Morgan fingerprint density at radius 2 is 2.04 bits per heavy atom. The minimum atomic E-state index is -0.337. The molecule has 136 valence electrons. The molecule has 0 aromatic heterocycles. The zero-order valence-corrected chi connectivity index (χ0v) is 15.7. The normalized spacial score (nSPS) is 29.7. The van der Waals surface area contributed by atoms with Crippen LogP contribution in [0.15, 0.2) is 30.3 Å². The number of aliphatic hydroxyl groups is 1. The number of nitrogens with zero attached hydrogens (tertiary/aromatic N) is 1. The standard InChI is InChI=1S/C20H32N2O.ClH/c1-20(11-12-21-15-20)16-22-13-7-3-6-10-18(22)14-19(23)17-8-4-2-5-9-17;/h2,4-5,8-9,18-19,21,23H,3,6-7,10-16H2,1H3;1H. The van der Waals surface area contributed by atoms with Gasteiger partial charge in [0.25, 0.3) is 0 Å². The highest BCUT2D eigenvalue weighted by atomic mass is 35.5. The summed E-state index contributed by atoms with van der Waals surface area (Å²) in [5.41, 5.74) is 1.46. The van der Waals surface area contributed by atoms with E-state index in [9.17, 15) is 5.11 Å². The van der Waals surface area contributed by atoms with E-state index in [0.717, 1.165) is 25.1 Å². The van der Waals surface area contributed by atoms with Crippen LogP contribution in [0.2, 0.25) is 0 Å². The molecule has 0 bridgehead atoms. The zero-order chi connectivity index (χ0) is 16.1. The molecule has 0 aliphatic carbocycles. The minimum absolute atomic E-state index is 0. The van der Waals surface area contributed by atoms with Gasteiger partial charge in [0.05, 0.1) is 6.10 Å². The van der Waals surface area contributed by atoms with Crippen LogP contribution in [0, 0.1) is 5.41 Å². The maximum atomic E-state index is 10.7. The summed E-state index contributed by atoms with van der Waals surface area (Å²) in [7, 11) is 0. The second-order valence-corrected chi connectivity index (χ2v) is 7.87. The van der Waals surface area contributed by atoms with Gasteiger partial charge in [-0.25, -0.2) is 0 Å². The fourth-order valence-electron chi connectivity index (χ4n) is 4.27. The first-order valence-electron chi connectivity index (χ1n) is 9.34. The van der Waals surface area contributed by atoms with Crippen LogP contribution in [0.5, 0.6) is 0 Å². The molecule has 4 heteroatoms.